The van der Waals surface area contributed by atoms with Gasteiger partial charge in [-0.05, 0) is 27.2 Å². The number of hydrogen-bond acceptors (Lipinski definition) is 4. The van der Waals surface area contributed by atoms with Gasteiger partial charge >= 0.3 is 57.4 Å². The van der Waals surface area contributed by atoms with Crippen molar-refractivity contribution in [2.45, 2.75) is 0 Å². The fourth-order valence-electron chi connectivity index (χ4n) is 0.139. The molecule has 70 valence electrons. The van der Waals surface area contributed by atoms with Crippen LogP contribution in [0, 0.1) is 0 Å². The molecule has 5 nitrogen and oxygen atoms in total. The Morgan fingerprint density at radius 3 is 1.62 bits per heavy atom. The molecule has 0 rings (SSSR count). The average Bonchev–Trinajstić information content (AvgIpc) is 1.82. The summed E-state index contributed by atoms with van der Waals surface area (Å²) in [6.45, 7) is 0. The van der Waals surface area contributed by atoms with E-state index in [2.05, 4.69) is 0 Å². The van der Waals surface area contributed by atoms with Crippen LogP contribution >= 0.6 is 0 Å². The third kappa shape index (κ3) is 46.6. The van der Waals surface area contributed by atoms with Gasteiger partial charge in [-0.3, -0.25) is 0 Å². The number of aliphatic carboxylic acids is 2. The Hall–Kier alpha value is 0.276. The van der Waals surface area contributed by atoms with Crippen LogP contribution in [0.15, 0.2) is 12.2 Å². The molecule has 1 N–H and O–H groups in total. The van der Waals surface area contributed by atoms with Crippen LogP contribution in [0.2, 0.25) is 0 Å². The number of rotatable bonds is 2. The molecule has 0 aliphatic rings. The van der Waals surface area contributed by atoms with Crippen LogP contribution < -0.4 is 56.5 Å². The van der Waals surface area contributed by atoms with Crippen molar-refractivity contribution in [3.8, 4) is 0 Å². The zero-order valence-corrected chi connectivity index (χ0v) is 11.4. The molecule has 0 atom stereocenters. The quantitative estimate of drug-likeness (QED) is 0.370. The minimum atomic E-state index is -1.51. The molecule has 0 radical (unpaired) electrons. The van der Waals surface area contributed by atoms with Gasteiger partial charge in [0.05, 0.1) is 5.97 Å². The van der Waals surface area contributed by atoms with E-state index in [0.29, 0.717) is 12.2 Å². The molecule has 0 bridgehead atoms. The molecule has 0 saturated carbocycles. The SMILES string of the molecule is CN(C)C.O=C([O-])C=CC(=O)O.[K+]. The Labute approximate surface area is 120 Å². The van der Waals surface area contributed by atoms with Crippen molar-refractivity contribution in [1.82, 2.24) is 4.90 Å². The zero-order valence-electron chi connectivity index (χ0n) is 8.27. The van der Waals surface area contributed by atoms with Gasteiger partial charge in [-0.15, -0.1) is 0 Å². The van der Waals surface area contributed by atoms with E-state index in [4.69, 9.17) is 5.11 Å². The third-order valence-electron chi connectivity index (χ3n) is 0.362. The van der Waals surface area contributed by atoms with Crippen molar-refractivity contribution in [2.24, 2.45) is 0 Å². The van der Waals surface area contributed by atoms with Gasteiger partial charge in [-0.25, -0.2) is 4.79 Å². The van der Waals surface area contributed by atoms with Gasteiger partial charge in [-0.1, -0.05) is 0 Å². The Morgan fingerprint density at radius 1 is 1.23 bits per heavy atom. The van der Waals surface area contributed by atoms with E-state index in [9.17, 15) is 14.7 Å². The summed E-state index contributed by atoms with van der Waals surface area (Å²) in [5, 5.41) is 17.2. The first-order valence-corrected chi connectivity index (χ1v) is 3.09. The summed E-state index contributed by atoms with van der Waals surface area (Å²) in [5.41, 5.74) is 0. The van der Waals surface area contributed by atoms with E-state index in [-0.39, 0.29) is 51.4 Å². The molecule has 13 heavy (non-hydrogen) atoms. The molecule has 0 fully saturated rings. The standard InChI is InChI=1S/C4H4O4.C3H9N.K/c5-3(6)1-2-4(7)8;1-4(2)3;/h1-2H,(H,5,6)(H,7,8);1-3H3;/q;;+1/p-1. The van der Waals surface area contributed by atoms with E-state index in [1.54, 1.807) is 0 Å². The van der Waals surface area contributed by atoms with Gasteiger partial charge in [0, 0.05) is 6.08 Å². The first-order valence-electron chi connectivity index (χ1n) is 3.09. The molecule has 0 spiro atoms. The van der Waals surface area contributed by atoms with E-state index < -0.39 is 11.9 Å². The summed E-state index contributed by atoms with van der Waals surface area (Å²) < 4.78 is 0. The Bertz CT molecular complexity index is 161. The van der Waals surface area contributed by atoms with Crippen LogP contribution in [0.1, 0.15) is 0 Å². The molecule has 0 aromatic heterocycles. The first kappa shape index (κ1) is 18.9. The average molecular weight is 213 g/mol. The van der Waals surface area contributed by atoms with Crippen LogP contribution in [-0.2, 0) is 9.59 Å². The molecule has 0 aliphatic carbocycles. The summed E-state index contributed by atoms with van der Waals surface area (Å²) in [4.78, 5) is 21.0. The minimum Gasteiger partial charge on any atom is -0.545 e. The molecular formula is C7H12KNO4. The normalized spacial score (nSPS) is 8.62. The molecule has 0 amide bonds. The van der Waals surface area contributed by atoms with Gasteiger partial charge in [-0.2, -0.15) is 0 Å². The summed E-state index contributed by atoms with van der Waals surface area (Å²) in [6.07, 6.45) is 0.942. The maximum Gasteiger partial charge on any atom is 1.00 e. The van der Waals surface area contributed by atoms with Crippen LogP contribution in [0.25, 0.3) is 0 Å². The number of nitrogens with zero attached hydrogens (tertiary/aromatic N) is 1. The second kappa shape index (κ2) is 12.3. The Balaban J connectivity index is -0.000000173. The van der Waals surface area contributed by atoms with Crippen molar-refractivity contribution in [3.63, 3.8) is 0 Å². The Kier molecular flexibility index (Phi) is 17.9. The Morgan fingerprint density at radius 2 is 1.54 bits per heavy atom. The molecule has 0 unspecified atom stereocenters. The number of carboxylic acid groups (broad SMARTS) is 2. The van der Waals surface area contributed by atoms with Crippen molar-refractivity contribution < 1.29 is 71.2 Å². The number of carbonyl (C=O) groups excluding carboxylic acids is 1. The van der Waals surface area contributed by atoms with E-state index in [1.807, 2.05) is 26.0 Å². The van der Waals surface area contributed by atoms with E-state index in [1.165, 1.54) is 0 Å². The van der Waals surface area contributed by atoms with Crippen molar-refractivity contribution in [3.05, 3.63) is 12.2 Å². The molecule has 0 heterocycles. The van der Waals surface area contributed by atoms with Crippen molar-refractivity contribution >= 4 is 11.9 Å². The minimum absolute atomic E-state index is 0. The summed E-state index contributed by atoms with van der Waals surface area (Å²) >= 11 is 0. The van der Waals surface area contributed by atoms with Crippen LogP contribution in [0.4, 0.5) is 0 Å². The van der Waals surface area contributed by atoms with Gasteiger partial charge in [0.1, 0.15) is 0 Å². The monoisotopic (exact) mass is 213 g/mol. The number of carboxylic acids is 2. The molecular weight excluding hydrogens is 201 g/mol. The maximum atomic E-state index is 9.53. The molecule has 6 heteroatoms. The van der Waals surface area contributed by atoms with Gasteiger partial charge in [0.2, 0.25) is 0 Å². The largest absolute Gasteiger partial charge is 1.00 e. The summed E-state index contributed by atoms with van der Waals surface area (Å²) in [5.74, 6) is -2.80. The number of carbonyl (C=O) groups is 2. The van der Waals surface area contributed by atoms with Crippen LogP contribution in [0.5, 0.6) is 0 Å². The van der Waals surface area contributed by atoms with Gasteiger partial charge in [0.15, 0.2) is 0 Å². The predicted molar refractivity (Wildman–Crippen MR) is 41.4 cm³/mol. The smallest absolute Gasteiger partial charge is 0.545 e. The van der Waals surface area contributed by atoms with Crippen LogP contribution in [0.3, 0.4) is 0 Å². The van der Waals surface area contributed by atoms with E-state index in [0.717, 1.165) is 0 Å². The van der Waals surface area contributed by atoms with Crippen LogP contribution in [-0.4, -0.2) is 43.1 Å². The van der Waals surface area contributed by atoms with Crippen molar-refractivity contribution in [1.29, 1.82) is 0 Å². The van der Waals surface area contributed by atoms with Gasteiger partial charge in [0.25, 0.3) is 0 Å². The van der Waals surface area contributed by atoms with E-state index >= 15 is 0 Å². The first-order chi connectivity index (χ1) is 5.36. The van der Waals surface area contributed by atoms with Gasteiger partial charge < -0.3 is 19.9 Å². The molecule has 0 saturated heterocycles. The molecule has 0 aromatic rings. The maximum absolute atomic E-state index is 9.53. The third-order valence-corrected chi connectivity index (χ3v) is 0.362. The molecule has 0 aromatic carbocycles. The van der Waals surface area contributed by atoms with Crippen molar-refractivity contribution in [2.75, 3.05) is 21.1 Å². The molecule has 0 aliphatic heterocycles. The number of hydrogen-bond donors (Lipinski definition) is 1. The fraction of sp³-hybridized carbons (Fsp3) is 0.429. The summed E-state index contributed by atoms with van der Waals surface area (Å²) in [6, 6.07) is 0. The summed E-state index contributed by atoms with van der Waals surface area (Å²) in [7, 11) is 6.00. The zero-order chi connectivity index (χ0) is 10.1. The second-order valence-corrected chi connectivity index (χ2v) is 2.33. The second-order valence-electron chi connectivity index (χ2n) is 2.33. The fourth-order valence-corrected chi connectivity index (χ4v) is 0.139. The predicted octanol–water partition coefficient (Wildman–Crippen LogP) is -4.44. The topological polar surface area (TPSA) is 80.7 Å².